The van der Waals surface area contributed by atoms with Crippen LogP contribution in [0.4, 0.5) is 11.5 Å². The highest BCUT2D eigenvalue weighted by molar-refractivity contribution is 5.62. The van der Waals surface area contributed by atoms with E-state index in [0.717, 1.165) is 29.9 Å². The maximum absolute atomic E-state index is 6.10. The first-order valence-electron chi connectivity index (χ1n) is 9.68. The van der Waals surface area contributed by atoms with Gasteiger partial charge in [0, 0.05) is 18.1 Å². The molecule has 0 amide bonds. The number of benzene rings is 1. The monoisotopic (exact) mass is 375 g/mol. The molecule has 0 bridgehead atoms. The number of methoxy groups -OCH3 is 1. The van der Waals surface area contributed by atoms with Crippen LogP contribution in [0.2, 0.25) is 0 Å². The molecule has 1 saturated carbocycles. The zero-order valence-corrected chi connectivity index (χ0v) is 16.3. The van der Waals surface area contributed by atoms with Gasteiger partial charge >= 0.3 is 0 Å². The van der Waals surface area contributed by atoms with Crippen LogP contribution in [0.1, 0.15) is 30.4 Å². The number of anilines is 2. The van der Waals surface area contributed by atoms with E-state index < -0.39 is 0 Å². The summed E-state index contributed by atoms with van der Waals surface area (Å²) >= 11 is 0. The molecule has 1 aliphatic carbocycles. The Balaban J connectivity index is 1.71. The lowest BCUT2D eigenvalue weighted by Gasteiger charge is -2.28. The lowest BCUT2D eigenvalue weighted by molar-refractivity contribution is 0.110. The van der Waals surface area contributed by atoms with E-state index in [-0.39, 0.29) is 6.10 Å². The van der Waals surface area contributed by atoms with Gasteiger partial charge in [0.25, 0.3) is 5.88 Å². The molecule has 0 N–H and O–H groups in total. The molecule has 0 radical (unpaired) electrons. The minimum absolute atomic E-state index is 0.238. The Morgan fingerprint density at radius 3 is 2.68 bits per heavy atom. The molecule has 0 saturated heterocycles. The Hall–Kier alpha value is -3.08. The first kappa shape index (κ1) is 18.3. The summed E-state index contributed by atoms with van der Waals surface area (Å²) in [6, 6.07) is 16.4. The zero-order valence-electron chi connectivity index (χ0n) is 16.3. The van der Waals surface area contributed by atoms with Gasteiger partial charge in [-0.1, -0.05) is 18.2 Å². The second kappa shape index (κ2) is 8.30. The van der Waals surface area contributed by atoms with Crippen molar-refractivity contribution < 1.29 is 9.47 Å². The summed E-state index contributed by atoms with van der Waals surface area (Å²) in [6.45, 7) is 2.76. The van der Waals surface area contributed by atoms with E-state index in [0.29, 0.717) is 18.2 Å². The van der Waals surface area contributed by atoms with E-state index in [4.69, 9.17) is 14.5 Å². The summed E-state index contributed by atoms with van der Waals surface area (Å²) in [5.74, 6) is 2.05. The SMILES string of the molecule is COc1ccc(N(Cc2cccnc2)c2cccc(C)c2)nc1OC1CCC1. The molecule has 1 aromatic carbocycles. The van der Waals surface area contributed by atoms with Crippen molar-refractivity contribution in [3.8, 4) is 11.6 Å². The van der Waals surface area contributed by atoms with Crippen molar-refractivity contribution in [2.24, 2.45) is 0 Å². The van der Waals surface area contributed by atoms with Crippen molar-refractivity contribution >= 4 is 11.5 Å². The van der Waals surface area contributed by atoms with E-state index in [9.17, 15) is 0 Å². The molecule has 0 spiro atoms. The maximum Gasteiger partial charge on any atom is 0.259 e. The minimum Gasteiger partial charge on any atom is -0.491 e. The molecular weight excluding hydrogens is 350 g/mol. The molecule has 1 aliphatic rings. The van der Waals surface area contributed by atoms with Crippen molar-refractivity contribution in [3.63, 3.8) is 0 Å². The van der Waals surface area contributed by atoms with Crippen molar-refractivity contribution in [1.29, 1.82) is 0 Å². The van der Waals surface area contributed by atoms with Gasteiger partial charge in [-0.05, 0) is 67.6 Å². The predicted octanol–water partition coefficient (Wildman–Crippen LogP) is 5.06. The maximum atomic E-state index is 6.10. The second-order valence-corrected chi connectivity index (χ2v) is 7.13. The largest absolute Gasteiger partial charge is 0.491 e. The number of pyridine rings is 2. The van der Waals surface area contributed by atoms with Gasteiger partial charge < -0.3 is 14.4 Å². The molecule has 5 heteroatoms. The quantitative estimate of drug-likeness (QED) is 0.577. The second-order valence-electron chi connectivity index (χ2n) is 7.13. The first-order chi connectivity index (χ1) is 13.7. The number of hydrogen-bond acceptors (Lipinski definition) is 5. The Morgan fingerprint density at radius 2 is 2.00 bits per heavy atom. The van der Waals surface area contributed by atoms with Crippen LogP contribution >= 0.6 is 0 Å². The van der Waals surface area contributed by atoms with Crippen LogP contribution in [0.15, 0.2) is 60.9 Å². The van der Waals surface area contributed by atoms with Gasteiger partial charge in [0.2, 0.25) is 0 Å². The highest BCUT2D eigenvalue weighted by Crippen LogP contribution is 2.35. The van der Waals surface area contributed by atoms with Gasteiger partial charge in [-0.25, -0.2) is 0 Å². The van der Waals surface area contributed by atoms with Crippen molar-refractivity contribution in [3.05, 3.63) is 72.1 Å². The number of hydrogen-bond donors (Lipinski definition) is 0. The number of aromatic nitrogens is 2. The highest BCUT2D eigenvalue weighted by Gasteiger charge is 2.23. The molecule has 28 heavy (non-hydrogen) atoms. The fourth-order valence-corrected chi connectivity index (χ4v) is 3.23. The van der Waals surface area contributed by atoms with E-state index in [1.54, 1.807) is 13.3 Å². The summed E-state index contributed by atoms with van der Waals surface area (Å²) in [5.41, 5.74) is 3.40. The molecule has 0 atom stereocenters. The lowest BCUT2D eigenvalue weighted by Crippen LogP contribution is -2.25. The normalized spacial score (nSPS) is 13.6. The third kappa shape index (κ3) is 4.09. The van der Waals surface area contributed by atoms with Crippen molar-refractivity contribution in [2.75, 3.05) is 12.0 Å². The Morgan fingerprint density at radius 1 is 1.11 bits per heavy atom. The van der Waals surface area contributed by atoms with Crippen LogP contribution in [-0.2, 0) is 6.54 Å². The fraction of sp³-hybridized carbons (Fsp3) is 0.304. The average molecular weight is 375 g/mol. The summed E-state index contributed by atoms with van der Waals surface area (Å²) in [7, 11) is 1.65. The van der Waals surface area contributed by atoms with Crippen LogP contribution in [0.3, 0.4) is 0 Å². The molecule has 3 aromatic rings. The van der Waals surface area contributed by atoms with Gasteiger partial charge in [-0.15, -0.1) is 0 Å². The summed E-state index contributed by atoms with van der Waals surface area (Å²) in [5, 5.41) is 0. The van der Waals surface area contributed by atoms with Crippen LogP contribution in [0, 0.1) is 6.92 Å². The smallest absolute Gasteiger partial charge is 0.259 e. The van der Waals surface area contributed by atoms with Crippen molar-refractivity contribution in [2.45, 2.75) is 38.8 Å². The highest BCUT2D eigenvalue weighted by atomic mass is 16.5. The summed E-state index contributed by atoms with van der Waals surface area (Å²) < 4.78 is 11.6. The Bertz CT molecular complexity index is 926. The standard InChI is InChI=1S/C23H25N3O2/c1-17-6-3-8-19(14-17)26(16-18-7-5-13-24-15-18)22-12-11-21(27-2)23(25-22)28-20-9-4-10-20/h3,5-8,11-15,20H,4,9-10,16H2,1-2H3. The number of ether oxygens (including phenoxy) is 2. The van der Waals surface area contributed by atoms with E-state index >= 15 is 0 Å². The van der Waals surface area contributed by atoms with E-state index in [2.05, 4.69) is 47.1 Å². The van der Waals surface area contributed by atoms with Crippen LogP contribution in [0.5, 0.6) is 11.6 Å². The van der Waals surface area contributed by atoms with E-state index in [1.165, 1.54) is 12.0 Å². The van der Waals surface area contributed by atoms with Gasteiger partial charge in [-0.2, -0.15) is 4.98 Å². The molecule has 5 nitrogen and oxygen atoms in total. The summed E-state index contributed by atoms with van der Waals surface area (Å²) in [6.07, 6.45) is 7.28. The van der Waals surface area contributed by atoms with Crippen LogP contribution in [0.25, 0.3) is 0 Å². The Labute approximate surface area is 166 Å². The number of rotatable bonds is 7. The van der Waals surface area contributed by atoms with Gasteiger partial charge in [0.1, 0.15) is 11.9 Å². The fourth-order valence-electron chi connectivity index (χ4n) is 3.23. The molecule has 1 fully saturated rings. The summed E-state index contributed by atoms with van der Waals surface area (Å²) in [4.78, 5) is 11.3. The van der Waals surface area contributed by atoms with E-state index in [1.807, 2.05) is 24.4 Å². The molecule has 4 rings (SSSR count). The molecule has 0 aliphatic heterocycles. The number of aryl methyl sites for hydroxylation is 1. The van der Waals surface area contributed by atoms with Crippen molar-refractivity contribution in [1.82, 2.24) is 9.97 Å². The minimum atomic E-state index is 0.238. The predicted molar refractivity (Wildman–Crippen MR) is 110 cm³/mol. The zero-order chi connectivity index (χ0) is 19.3. The first-order valence-corrected chi connectivity index (χ1v) is 9.68. The molecule has 2 heterocycles. The third-order valence-electron chi connectivity index (χ3n) is 5.01. The molecule has 2 aromatic heterocycles. The third-order valence-corrected chi connectivity index (χ3v) is 5.01. The van der Waals surface area contributed by atoms with Gasteiger partial charge in [0.15, 0.2) is 5.75 Å². The average Bonchev–Trinajstić information content (AvgIpc) is 2.69. The molecular formula is C23H25N3O2. The topological polar surface area (TPSA) is 47.5 Å². The molecule has 0 unspecified atom stereocenters. The van der Waals surface area contributed by atoms with Gasteiger partial charge in [-0.3, -0.25) is 4.98 Å². The van der Waals surface area contributed by atoms with Gasteiger partial charge in [0.05, 0.1) is 13.7 Å². The lowest BCUT2D eigenvalue weighted by atomic mass is 9.96. The Kier molecular flexibility index (Phi) is 5.42. The number of nitrogens with zero attached hydrogens (tertiary/aromatic N) is 3. The molecule has 144 valence electrons. The van der Waals surface area contributed by atoms with Crippen LogP contribution in [-0.4, -0.2) is 23.2 Å². The van der Waals surface area contributed by atoms with Crippen LogP contribution < -0.4 is 14.4 Å².